The van der Waals surface area contributed by atoms with Gasteiger partial charge in [0.2, 0.25) is 0 Å². The number of rotatable bonds is 9. The van der Waals surface area contributed by atoms with Crippen LogP contribution in [-0.4, -0.2) is 39.0 Å². The molecule has 1 rings (SSSR count). The largest absolute Gasteiger partial charge is 0.381 e. The molecular formula is C15H31NO2. The highest BCUT2D eigenvalue weighted by molar-refractivity contribution is 4.73. The molecule has 2 unspecified atom stereocenters. The summed E-state index contributed by atoms with van der Waals surface area (Å²) in [6.45, 7) is 7.63. The first-order chi connectivity index (χ1) is 8.72. The van der Waals surface area contributed by atoms with Crippen LogP contribution in [0.4, 0.5) is 0 Å². The average Bonchev–Trinajstić information content (AvgIpc) is 2.37. The van der Waals surface area contributed by atoms with Gasteiger partial charge in [-0.1, -0.05) is 13.8 Å². The predicted octanol–water partition coefficient (Wildman–Crippen LogP) is 2.99. The molecule has 0 aromatic rings. The zero-order valence-corrected chi connectivity index (χ0v) is 12.4. The summed E-state index contributed by atoms with van der Waals surface area (Å²) in [6, 6.07) is 0. The Balaban J connectivity index is 1.91. The van der Waals surface area contributed by atoms with E-state index >= 15 is 0 Å². The van der Waals surface area contributed by atoms with Crippen LogP contribution in [0.2, 0.25) is 0 Å². The molecule has 2 atom stereocenters. The van der Waals surface area contributed by atoms with Crippen LogP contribution >= 0.6 is 0 Å². The van der Waals surface area contributed by atoms with Crippen LogP contribution in [0, 0.1) is 5.92 Å². The molecule has 0 aliphatic heterocycles. The zero-order valence-electron chi connectivity index (χ0n) is 12.4. The van der Waals surface area contributed by atoms with E-state index in [1.807, 2.05) is 7.11 Å². The van der Waals surface area contributed by atoms with Gasteiger partial charge < -0.3 is 14.8 Å². The summed E-state index contributed by atoms with van der Waals surface area (Å²) in [7, 11) is 1.81. The van der Waals surface area contributed by atoms with Gasteiger partial charge in [0.05, 0.1) is 12.2 Å². The number of nitrogens with one attached hydrogen (secondary N) is 1. The summed E-state index contributed by atoms with van der Waals surface area (Å²) < 4.78 is 11.3. The van der Waals surface area contributed by atoms with Crippen LogP contribution in [0.15, 0.2) is 0 Å². The summed E-state index contributed by atoms with van der Waals surface area (Å²) in [5.41, 5.74) is 0. The lowest BCUT2D eigenvalue weighted by Gasteiger charge is -2.28. The maximum absolute atomic E-state index is 5.93. The summed E-state index contributed by atoms with van der Waals surface area (Å²) in [4.78, 5) is 0. The van der Waals surface area contributed by atoms with E-state index in [0.29, 0.717) is 12.2 Å². The molecule has 18 heavy (non-hydrogen) atoms. The summed E-state index contributed by atoms with van der Waals surface area (Å²) >= 11 is 0. The van der Waals surface area contributed by atoms with Crippen molar-refractivity contribution in [3.05, 3.63) is 0 Å². The second kappa shape index (κ2) is 9.76. The van der Waals surface area contributed by atoms with Crippen LogP contribution < -0.4 is 5.32 Å². The van der Waals surface area contributed by atoms with E-state index in [1.165, 1.54) is 32.1 Å². The van der Waals surface area contributed by atoms with Crippen LogP contribution in [0.25, 0.3) is 0 Å². The minimum Gasteiger partial charge on any atom is -0.381 e. The van der Waals surface area contributed by atoms with E-state index in [4.69, 9.17) is 9.47 Å². The molecule has 0 heterocycles. The molecule has 0 spiro atoms. The maximum Gasteiger partial charge on any atom is 0.0599 e. The van der Waals surface area contributed by atoms with E-state index in [2.05, 4.69) is 19.2 Å². The number of hydrogen-bond donors (Lipinski definition) is 1. The second-order valence-electron chi connectivity index (χ2n) is 5.82. The molecule has 1 fully saturated rings. The molecule has 3 heteroatoms. The molecule has 0 saturated heterocycles. The van der Waals surface area contributed by atoms with Gasteiger partial charge in [0, 0.05) is 13.7 Å². The highest BCUT2D eigenvalue weighted by atomic mass is 16.5. The number of methoxy groups -OCH3 is 1. The minimum absolute atomic E-state index is 0.427. The Hall–Kier alpha value is -0.120. The van der Waals surface area contributed by atoms with Crippen molar-refractivity contribution in [2.24, 2.45) is 5.92 Å². The molecule has 0 aromatic carbocycles. The Morgan fingerprint density at radius 2 is 1.94 bits per heavy atom. The summed E-state index contributed by atoms with van der Waals surface area (Å²) in [5, 5.41) is 3.46. The first-order valence-corrected chi connectivity index (χ1v) is 7.57. The Bertz CT molecular complexity index is 197. The van der Waals surface area contributed by atoms with Gasteiger partial charge in [-0.05, 0) is 57.5 Å². The SMILES string of the molecule is COC1CCCC(OCCCCNCC(C)C)C1. The van der Waals surface area contributed by atoms with Gasteiger partial charge in [0.1, 0.15) is 0 Å². The highest BCUT2D eigenvalue weighted by Gasteiger charge is 2.21. The fourth-order valence-electron chi connectivity index (χ4n) is 2.46. The molecule has 1 saturated carbocycles. The zero-order chi connectivity index (χ0) is 13.2. The van der Waals surface area contributed by atoms with Crippen molar-refractivity contribution in [3.63, 3.8) is 0 Å². The smallest absolute Gasteiger partial charge is 0.0599 e. The fraction of sp³-hybridized carbons (Fsp3) is 1.00. The topological polar surface area (TPSA) is 30.5 Å². The quantitative estimate of drug-likeness (QED) is 0.644. The lowest BCUT2D eigenvalue weighted by atomic mass is 9.95. The normalized spacial score (nSPS) is 24.7. The van der Waals surface area contributed by atoms with E-state index in [-0.39, 0.29) is 0 Å². The van der Waals surface area contributed by atoms with Gasteiger partial charge in [-0.25, -0.2) is 0 Å². The molecule has 0 amide bonds. The Labute approximate surface area is 113 Å². The van der Waals surface area contributed by atoms with E-state index in [1.54, 1.807) is 0 Å². The first-order valence-electron chi connectivity index (χ1n) is 7.57. The van der Waals surface area contributed by atoms with Crippen LogP contribution in [0.1, 0.15) is 52.4 Å². The van der Waals surface area contributed by atoms with Gasteiger partial charge in [-0.3, -0.25) is 0 Å². The van der Waals surface area contributed by atoms with Crippen LogP contribution in [0.5, 0.6) is 0 Å². The maximum atomic E-state index is 5.93. The Morgan fingerprint density at radius 3 is 2.67 bits per heavy atom. The van der Waals surface area contributed by atoms with E-state index < -0.39 is 0 Å². The average molecular weight is 257 g/mol. The van der Waals surface area contributed by atoms with E-state index in [0.717, 1.165) is 32.0 Å². The van der Waals surface area contributed by atoms with Crippen molar-refractivity contribution in [2.75, 3.05) is 26.8 Å². The third-order valence-electron chi connectivity index (χ3n) is 3.57. The Kier molecular flexibility index (Phi) is 8.64. The van der Waals surface area contributed by atoms with Crippen LogP contribution in [-0.2, 0) is 9.47 Å². The molecule has 1 N–H and O–H groups in total. The number of unbranched alkanes of at least 4 members (excludes halogenated alkanes) is 1. The van der Waals surface area contributed by atoms with Crippen molar-refractivity contribution in [2.45, 2.75) is 64.6 Å². The highest BCUT2D eigenvalue weighted by Crippen LogP contribution is 2.23. The van der Waals surface area contributed by atoms with Crippen LogP contribution in [0.3, 0.4) is 0 Å². The third kappa shape index (κ3) is 7.34. The molecule has 1 aliphatic carbocycles. The van der Waals surface area contributed by atoms with E-state index in [9.17, 15) is 0 Å². The minimum atomic E-state index is 0.427. The number of ether oxygens (including phenoxy) is 2. The van der Waals surface area contributed by atoms with Gasteiger partial charge in [-0.15, -0.1) is 0 Å². The third-order valence-corrected chi connectivity index (χ3v) is 3.57. The second-order valence-corrected chi connectivity index (χ2v) is 5.82. The number of hydrogen-bond acceptors (Lipinski definition) is 3. The lowest BCUT2D eigenvalue weighted by molar-refractivity contribution is -0.0302. The molecule has 108 valence electrons. The molecular weight excluding hydrogens is 226 g/mol. The molecule has 0 bridgehead atoms. The molecule has 0 radical (unpaired) electrons. The fourth-order valence-corrected chi connectivity index (χ4v) is 2.46. The lowest BCUT2D eigenvalue weighted by Crippen LogP contribution is -2.28. The van der Waals surface area contributed by atoms with Crippen molar-refractivity contribution >= 4 is 0 Å². The molecule has 0 aromatic heterocycles. The molecule has 3 nitrogen and oxygen atoms in total. The standard InChI is InChI=1S/C15H31NO2/c1-13(2)12-16-9-4-5-10-18-15-8-6-7-14(11-15)17-3/h13-16H,4-12H2,1-3H3. The van der Waals surface area contributed by atoms with Crippen molar-refractivity contribution in [1.82, 2.24) is 5.32 Å². The van der Waals surface area contributed by atoms with Crippen molar-refractivity contribution in [1.29, 1.82) is 0 Å². The Morgan fingerprint density at radius 1 is 1.17 bits per heavy atom. The molecule has 1 aliphatic rings. The first kappa shape index (κ1) is 15.9. The summed E-state index contributed by atoms with van der Waals surface area (Å²) in [6.07, 6.45) is 8.00. The van der Waals surface area contributed by atoms with Gasteiger partial charge >= 0.3 is 0 Å². The van der Waals surface area contributed by atoms with Gasteiger partial charge in [0.25, 0.3) is 0 Å². The van der Waals surface area contributed by atoms with Crippen molar-refractivity contribution < 1.29 is 9.47 Å². The monoisotopic (exact) mass is 257 g/mol. The predicted molar refractivity (Wildman–Crippen MR) is 75.9 cm³/mol. The summed E-state index contributed by atoms with van der Waals surface area (Å²) in [5.74, 6) is 0.745. The van der Waals surface area contributed by atoms with Gasteiger partial charge in [-0.2, -0.15) is 0 Å². The van der Waals surface area contributed by atoms with Crippen molar-refractivity contribution in [3.8, 4) is 0 Å². The van der Waals surface area contributed by atoms with Gasteiger partial charge in [0.15, 0.2) is 0 Å².